The largest absolute Gasteiger partial charge is 0.298 e. The number of benzene rings is 2. The number of carbonyl (C=O) groups excluding carboxylic acids is 1. The van der Waals surface area contributed by atoms with E-state index in [1.807, 2.05) is 26.0 Å². The van der Waals surface area contributed by atoms with Gasteiger partial charge in [0, 0.05) is 5.56 Å². The van der Waals surface area contributed by atoms with Gasteiger partial charge in [-0.1, -0.05) is 24.3 Å². The van der Waals surface area contributed by atoms with Gasteiger partial charge in [-0.15, -0.1) is 0 Å². The first-order valence-corrected chi connectivity index (χ1v) is 5.44. The molecule has 2 rings (SSSR count). The summed E-state index contributed by atoms with van der Waals surface area (Å²) in [6.07, 6.45) is 0.814. The Bertz CT molecular complexity index is 533. The van der Waals surface area contributed by atoms with Crippen LogP contribution in [0, 0.1) is 19.7 Å². The molecule has 2 aromatic carbocycles. The summed E-state index contributed by atoms with van der Waals surface area (Å²) in [6.45, 7) is 3.78. The highest BCUT2D eigenvalue weighted by Crippen LogP contribution is 2.28. The normalized spacial score (nSPS) is 10.3. The smallest absolute Gasteiger partial charge is 0.150 e. The molecule has 0 aromatic heterocycles. The summed E-state index contributed by atoms with van der Waals surface area (Å²) in [4.78, 5) is 10.6. The van der Waals surface area contributed by atoms with Crippen LogP contribution in [0.1, 0.15) is 21.5 Å². The summed E-state index contributed by atoms with van der Waals surface area (Å²) in [5.41, 5.74) is 4.49. The number of hydrogen-bond acceptors (Lipinski definition) is 1. The minimum Gasteiger partial charge on any atom is -0.298 e. The molecule has 0 saturated carbocycles. The third-order valence-corrected chi connectivity index (χ3v) is 2.83. The quantitative estimate of drug-likeness (QED) is 0.712. The molecular weight excluding hydrogens is 215 g/mol. The van der Waals surface area contributed by atoms with Gasteiger partial charge >= 0.3 is 0 Å². The average molecular weight is 228 g/mol. The van der Waals surface area contributed by atoms with Crippen LogP contribution in [0.5, 0.6) is 0 Å². The first-order valence-electron chi connectivity index (χ1n) is 5.44. The van der Waals surface area contributed by atoms with Crippen LogP contribution in [0.25, 0.3) is 11.1 Å². The third kappa shape index (κ3) is 2.26. The van der Waals surface area contributed by atoms with E-state index in [1.54, 1.807) is 12.1 Å². The highest BCUT2D eigenvalue weighted by atomic mass is 19.1. The van der Waals surface area contributed by atoms with E-state index in [4.69, 9.17) is 0 Å². The van der Waals surface area contributed by atoms with Gasteiger partial charge in [-0.3, -0.25) is 4.79 Å². The molecule has 0 unspecified atom stereocenters. The van der Waals surface area contributed by atoms with E-state index in [9.17, 15) is 9.18 Å². The predicted molar refractivity (Wildman–Crippen MR) is 66.7 cm³/mol. The molecule has 0 aliphatic rings. The van der Waals surface area contributed by atoms with Crippen molar-refractivity contribution in [1.82, 2.24) is 0 Å². The fourth-order valence-electron chi connectivity index (χ4n) is 2.09. The summed E-state index contributed by atoms with van der Waals surface area (Å²) in [5.74, 6) is -0.215. The Balaban J connectivity index is 2.56. The molecule has 0 amide bonds. The maximum atomic E-state index is 13.2. The van der Waals surface area contributed by atoms with Crippen molar-refractivity contribution in [3.63, 3.8) is 0 Å². The lowest BCUT2D eigenvalue weighted by Gasteiger charge is -2.10. The Labute approximate surface area is 99.9 Å². The van der Waals surface area contributed by atoms with Crippen LogP contribution in [0.4, 0.5) is 4.39 Å². The molecule has 0 aliphatic heterocycles. The van der Waals surface area contributed by atoms with E-state index in [0.29, 0.717) is 5.56 Å². The topological polar surface area (TPSA) is 17.1 Å². The van der Waals surface area contributed by atoms with Gasteiger partial charge in [-0.05, 0) is 48.2 Å². The summed E-state index contributed by atoms with van der Waals surface area (Å²) < 4.78 is 13.2. The second-order valence-electron chi connectivity index (χ2n) is 4.15. The number of aryl methyl sites for hydroxylation is 2. The Kier molecular flexibility index (Phi) is 3.05. The van der Waals surface area contributed by atoms with E-state index in [0.717, 1.165) is 28.5 Å². The lowest BCUT2D eigenvalue weighted by atomic mass is 9.95. The predicted octanol–water partition coefficient (Wildman–Crippen LogP) is 3.92. The maximum absolute atomic E-state index is 13.2. The van der Waals surface area contributed by atoms with Gasteiger partial charge in [0.25, 0.3) is 0 Å². The zero-order valence-corrected chi connectivity index (χ0v) is 9.83. The van der Waals surface area contributed by atoms with Gasteiger partial charge in [0.05, 0.1) is 0 Å². The van der Waals surface area contributed by atoms with Crippen LogP contribution in [-0.4, -0.2) is 6.29 Å². The van der Waals surface area contributed by atoms with Crippen molar-refractivity contribution < 1.29 is 9.18 Å². The Morgan fingerprint density at radius 1 is 1.00 bits per heavy atom. The first kappa shape index (κ1) is 11.5. The van der Waals surface area contributed by atoms with Crippen molar-refractivity contribution in [2.75, 3.05) is 0 Å². The van der Waals surface area contributed by atoms with Crippen LogP contribution < -0.4 is 0 Å². The van der Waals surface area contributed by atoms with Crippen LogP contribution >= 0.6 is 0 Å². The van der Waals surface area contributed by atoms with Gasteiger partial charge in [0.2, 0.25) is 0 Å². The van der Waals surface area contributed by atoms with E-state index in [-0.39, 0.29) is 5.82 Å². The van der Waals surface area contributed by atoms with Crippen molar-refractivity contribution in [2.45, 2.75) is 13.8 Å². The van der Waals surface area contributed by atoms with Crippen molar-refractivity contribution in [1.29, 1.82) is 0 Å². The van der Waals surface area contributed by atoms with Gasteiger partial charge in [-0.2, -0.15) is 0 Å². The zero-order chi connectivity index (χ0) is 12.4. The van der Waals surface area contributed by atoms with E-state index < -0.39 is 0 Å². The van der Waals surface area contributed by atoms with Crippen LogP contribution in [-0.2, 0) is 0 Å². The van der Waals surface area contributed by atoms with E-state index in [1.165, 1.54) is 12.1 Å². The fraction of sp³-hybridized carbons (Fsp3) is 0.133. The number of hydrogen-bond donors (Lipinski definition) is 0. The Morgan fingerprint density at radius 2 is 1.53 bits per heavy atom. The van der Waals surface area contributed by atoms with E-state index >= 15 is 0 Å². The van der Waals surface area contributed by atoms with Crippen LogP contribution in [0.2, 0.25) is 0 Å². The summed E-state index contributed by atoms with van der Waals surface area (Å²) in [5, 5.41) is 0. The monoisotopic (exact) mass is 228 g/mol. The molecule has 0 N–H and O–H groups in total. The molecule has 0 radical (unpaired) electrons. The summed E-state index contributed by atoms with van der Waals surface area (Å²) in [6, 6.07) is 10.4. The van der Waals surface area contributed by atoms with E-state index in [2.05, 4.69) is 0 Å². The zero-order valence-electron chi connectivity index (χ0n) is 9.83. The molecule has 17 heavy (non-hydrogen) atoms. The molecule has 0 aliphatic carbocycles. The second-order valence-corrected chi connectivity index (χ2v) is 4.15. The standard InChI is InChI=1S/C15H13FO/c1-10-7-14(16)8-11(2)15(10)13-5-3-12(9-17)4-6-13/h3-9H,1-2H3. The van der Waals surface area contributed by atoms with Crippen molar-refractivity contribution in [2.24, 2.45) is 0 Å². The highest BCUT2D eigenvalue weighted by molar-refractivity contribution is 5.78. The number of halogens is 1. The second kappa shape index (κ2) is 4.50. The molecular formula is C15H13FO. The summed E-state index contributed by atoms with van der Waals surface area (Å²) >= 11 is 0. The molecule has 0 heterocycles. The van der Waals surface area contributed by atoms with Crippen LogP contribution in [0.15, 0.2) is 36.4 Å². The maximum Gasteiger partial charge on any atom is 0.150 e. The van der Waals surface area contributed by atoms with Crippen molar-refractivity contribution in [3.05, 3.63) is 58.9 Å². The molecule has 0 saturated heterocycles. The van der Waals surface area contributed by atoms with Crippen LogP contribution in [0.3, 0.4) is 0 Å². The lowest BCUT2D eigenvalue weighted by Crippen LogP contribution is -1.91. The fourth-order valence-corrected chi connectivity index (χ4v) is 2.09. The molecule has 86 valence electrons. The number of rotatable bonds is 2. The SMILES string of the molecule is Cc1cc(F)cc(C)c1-c1ccc(C=O)cc1. The molecule has 1 nitrogen and oxygen atoms in total. The Hall–Kier alpha value is -1.96. The molecule has 0 bridgehead atoms. The molecule has 2 aromatic rings. The third-order valence-electron chi connectivity index (χ3n) is 2.83. The minimum atomic E-state index is -0.215. The van der Waals surface area contributed by atoms with Gasteiger partial charge < -0.3 is 0 Å². The minimum absolute atomic E-state index is 0.215. The number of carbonyl (C=O) groups is 1. The first-order chi connectivity index (χ1) is 8.11. The Morgan fingerprint density at radius 3 is 2.00 bits per heavy atom. The lowest BCUT2D eigenvalue weighted by molar-refractivity contribution is 0.112. The molecule has 2 heteroatoms. The molecule has 0 atom stereocenters. The average Bonchev–Trinajstić information content (AvgIpc) is 2.28. The van der Waals surface area contributed by atoms with Gasteiger partial charge in [-0.25, -0.2) is 4.39 Å². The molecule has 0 fully saturated rings. The number of aldehydes is 1. The molecule has 0 spiro atoms. The van der Waals surface area contributed by atoms with Crippen molar-refractivity contribution >= 4 is 6.29 Å². The van der Waals surface area contributed by atoms with Crippen molar-refractivity contribution in [3.8, 4) is 11.1 Å². The van der Waals surface area contributed by atoms with Gasteiger partial charge in [0.1, 0.15) is 12.1 Å². The van der Waals surface area contributed by atoms with Gasteiger partial charge in [0.15, 0.2) is 0 Å². The summed E-state index contributed by atoms with van der Waals surface area (Å²) in [7, 11) is 0. The highest BCUT2D eigenvalue weighted by Gasteiger charge is 2.07.